The summed E-state index contributed by atoms with van der Waals surface area (Å²) in [5, 5.41) is 0. The minimum atomic E-state index is -3.86. The first-order chi connectivity index (χ1) is 16.8. The highest BCUT2D eigenvalue weighted by molar-refractivity contribution is 7.92. The van der Waals surface area contributed by atoms with Gasteiger partial charge in [-0.3, -0.25) is 9.52 Å². The molecule has 35 heavy (non-hydrogen) atoms. The van der Waals surface area contributed by atoms with E-state index in [-0.39, 0.29) is 16.1 Å². The van der Waals surface area contributed by atoms with Crippen molar-refractivity contribution in [3.05, 3.63) is 88.2 Å². The number of sulfonamides is 1. The van der Waals surface area contributed by atoms with Gasteiger partial charge in [0.05, 0.1) is 33.0 Å². The highest BCUT2D eigenvalue weighted by Gasteiger charge is 2.19. The Morgan fingerprint density at radius 2 is 1.71 bits per heavy atom. The van der Waals surface area contributed by atoms with Crippen LogP contribution in [0.15, 0.2) is 76.6 Å². The third kappa shape index (κ3) is 5.53. The Bertz CT molecular complexity index is 1540. The number of ether oxygens (including phenoxy) is 1. The maximum Gasteiger partial charge on any atom is 0.281 e. The van der Waals surface area contributed by atoms with Crippen molar-refractivity contribution in [1.82, 2.24) is 4.57 Å². The summed E-state index contributed by atoms with van der Waals surface area (Å²) in [4.78, 5) is 18.4. The van der Waals surface area contributed by atoms with E-state index in [1.54, 1.807) is 42.5 Å². The lowest BCUT2D eigenvalue weighted by atomic mass is 10.1. The molecule has 0 saturated heterocycles. The summed E-state index contributed by atoms with van der Waals surface area (Å²) in [5.41, 5.74) is 3.66. The molecule has 1 aromatic heterocycles. The Morgan fingerprint density at radius 3 is 2.46 bits per heavy atom. The first-order valence-corrected chi connectivity index (χ1v) is 13.5. The van der Waals surface area contributed by atoms with Gasteiger partial charge < -0.3 is 9.30 Å². The Hall–Kier alpha value is -3.27. The van der Waals surface area contributed by atoms with Gasteiger partial charge in [-0.25, -0.2) is 8.42 Å². The molecule has 0 radical (unpaired) electrons. The van der Waals surface area contributed by atoms with Gasteiger partial charge in [0.2, 0.25) is 0 Å². The van der Waals surface area contributed by atoms with Crippen LogP contribution in [0.2, 0.25) is 0 Å². The molecule has 1 amide bonds. The molecule has 4 rings (SSSR count). The van der Waals surface area contributed by atoms with Crippen LogP contribution in [0, 0.1) is 13.8 Å². The maximum absolute atomic E-state index is 13.3. The normalized spacial score (nSPS) is 12.3. The van der Waals surface area contributed by atoms with Crippen molar-refractivity contribution in [3.8, 4) is 0 Å². The molecule has 0 fully saturated rings. The van der Waals surface area contributed by atoms with Crippen molar-refractivity contribution in [2.24, 2.45) is 4.99 Å². The van der Waals surface area contributed by atoms with Crippen LogP contribution in [-0.4, -0.2) is 32.1 Å². The van der Waals surface area contributed by atoms with Gasteiger partial charge >= 0.3 is 0 Å². The van der Waals surface area contributed by atoms with Crippen LogP contribution in [0.3, 0.4) is 0 Å². The predicted molar refractivity (Wildman–Crippen MR) is 139 cm³/mol. The molecular weight excluding hydrogens is 482 g/mol. The topological polar surface area (TPSA) is 89.8 Å². The zero-order chi connectivity index (χ0) is 25.0. The SMILES string of the molecule is CCOCCn1c(=NC(=O)c2ccccc2NS(=O)(=O)c2ccccc2)sc2cc(C)c(C)cc21. The number of nitrogens with zero attached hydrogens (tertiary/aromatic N) is 2. The highest BCUT2D eigenvalue weighted by Crippen LogP contribution is 2.23. The Kier molecular flexibility index (Phi) is 7.49. The molecule has 4 aromatic rings. The van der Waals surface area contributed by atoms with Gasteiger partial charge in [-0.2, -0.15) is 4.99 Å². The second-order valence-electron chi connectivity index (χ2n) is 8.02. The lowest BCUT2D eigenvalue weighted by Gasteiger charge is -2.11. The van der Waals surface area contributed by atoms with Crippen molar-refractivity contribution in [2.75, 3.05) is 17.9 Å². The molecule has 0 saturated carbocycles. The quantitative estimate of drug-likeness (QED) is 0.342. The summed E-state index contributed by atoms with van der Waals surface area (Å²) in [6.07, 6.45) is 0. The number of rotatable bonds is 8. The summed E-state index contributed by atoms with van der Waals surface area (Å²) < 4.78 is 36.8. The lowest BCUT2D eigenvalue weighted by Crippen LogP contribution is -2.20. The number of amides is 1. The van der Waals surface area contributed by atoms with Gasteiger partial charge in [0.1, 0.15) is 0 Å². The number of hydrogen-bond acceptors (Lipinski definition) is 5. The molecule has 0 aliphatic carbocycles. The van der Waals surface area contributed by atoms with Gasteiger partial charge in [-0.15, -0.1) is 0 Å². The van der Waals surface area contributed by atoms with E-state index < -0.39 is 15.9 Å². The first-order valence-electron chi connectivity index (χ1n) is 11.2. The number of aromatic nitrogens is 1. The second kappa shape index (κ2) is 10.6. The average Bonchev–Trinajstić information content (AvgIpc) is 3.15. The summed E-state index contributed by atoms with van der Waals surface area (Å²) in [5.74, 6) is -0.526. The number of hydrogen-bond donors (Lipinski definition) is 1. The summed E-state index contributed by atoms with van der Waals surface area (Å²) in [6.45, 7) is 7.68. The smallest absolute Gasteiger partial charge is 0.281 e. The minimum Gasteiger partial charge on any atom is -0.380 e. The molecular formula is C26H27N3O4S2. The zero-order valence-electron chi connectivity index (χ0n) is 19.8. The standard InChI is InChI=1S/C26H27N3O4S2/c1-4-33-15-14-29-23-16-18(2)19(3)17-24(23)34-26(29)27-25(30)21-12-8-9-13-22(21)28-35(31,32)20-10-6-5-7-11-20/h5-13,16-17,28H,4,14-15H2,1-3H3. The van der Waals surface area contributed by atoms with Gasteiger partial charge in [0.25, 0.3) is 15.9 Å². The monoisotopic (exact) mass is 509 g/mol. The van der Waals surface area contributed by atoms with Crippen LogP contribution in [0.5, 0.6) is 0 Å². The molecule has 7 nitrogen and oxygen atoms in total. The molecule has 3 aromatic carbocycles. The van der Waals surface area contributed by atoms with Crippen LogP contribution in [0.4, 0.5) is 5.69 Å². The number of carbonyl (C=O) groups excluding carboxylic acids is 1. The van der Waals surface area contributed by atoms with E-state index in [0.717, 1.165) is 21.3 Å². The van der Waals surface area contributed by atoms with E-state index >= 15 is 0 Å². The fourth-order valence-corrected chi connectivity index (χ4v) is 5.87. The third-order valence-electron chi connectivity index (χ3n) is 5.61. The number of anilines is 1. The molecule has 9 heteroatoms. The molecule has 0 atom stereocenters. The predicted octanol–water partition coefficient (Wildman–Crippen LogP) is 4.90. The van der Waals surface area contributed by atoms with Crippen molar-refractivity contribution in [3.63, 3.8) is 0 Å². The molecule has 0 unspecified atom stereocenters. The van der Waals surface area contributed by atoms with E-state index in [0.29, 0.717) is 24.6 Å². The van der Waals surface area contributed by atoms with E-state index in [1.165, 1.54) is 23.5 Å². The summed E-state index contributed by atoms with van der Waals surface area (Å²) >= 11 is 1.42. The number of nitrogens with one attached hydrogen (secondary N) is 1. The van der Waals surface area contributed by atoms with Crippen LogP contribution in [0.25, 0.3) is 10.2 Å². The molecule has 0 aliphatic heterocycles. The molecule has 0 bridgehead atoms. The van der Waals surface area contributed by atoms with E-state index in [1.807, 2.05) is 11.5 Å². The van der Waals surface area contributed by atoms with Crippen LogP contribution >= 0.6 is 11.3 Å². The van der Waals surface area contributed by atoms with E-state index in [4.69, 9.17) is 4.74 Å². The number of carbonyl (C=O) groups is 1. The Morgan fingerprint density at radius 1 is 1.03 bits per heavy atom. The number of fused-ring (bicyclic) bond motifs is 1. The number of para-hydroxylation sites is 1. The lowest BCUT2D eigenvalue weighted by molar-refractivity contribution is 0.0997. The first kappa shape index (κ1) is 24.8. The molecule has 0 aliphatic rings. The minimum absolute atomic E-state index is 0.114. The second-order valence-corrected chi connectivity index (χ2v) is 10.7. The average molecular weight is 510 g/mol. The van der Waals surface area contributed by atoms with Gasteiger partial charge in [0.15, 0.2) is 4.80 Å². The number of thiazole rings is 1. The number of aryl methyl sites for hydroxylation is 2. The van der Waals surface area contributed by atoms with Crippen molar-refractivity contribution in [1.29, 1.82) is 0 Å². The van der Waals surface area contributed by atoms with Crippen LogP contribution < -0.4 is 9.52 Å². The van der Waals surface area contributed by atoms with Crippen LogP contribution in [-0.2, 0) is 21.3 Å². The van der Waals surface area contributed by atoms with E-state index in [9.17, 15) is 13.2 Å². The fraction of sp³-hybridized carbons (Fsp3) is 0.231. The highest BCUT2D eigenvalue weighted by atomic mass is 32.2. The molecule has 1 heterocycles. The van der Waals surface area contributed by atoms with Gasteiger partial charge in [0, 0.05) is 13.2 Å². The number of benzene rings is 3. The summed E-state index contributed by atoms with van der Waals surface area (Å²) in [6, 6.07) is 18.7. The third-order valence-corrected chi connectivity index (χ3v) is 8.04. The Labute approximate surface area is 208 Å². The zero-order valence-corrected chi connectivity index (χ0v) is 21.4. The van der Waals surface area contributed by atoms with Gasteiger partial charge in [-0.05, 0) is 68.3 Å². The Balaban J connectivity index is 1.76. The largest absolute Gasteiger partial charge is 0.380 e. The fourth-order valence-electron chi connectivity index (χ4n) is 3.63. The van der Waals surface area contributed by atoms with Gasteiger partial charge in [-0.1, -0.05) is 41.7 Å². The van der Waals surface area contributed by atoms with Crippen molar-refractivity contribution >= 4 is 43.2 Å². The van der Waals surface area contributed by atoms with Crippen molar-refractivity contribution < 1.29 is 17.9 Å². The van der Waals surface area contributed by atoms with Crippen LogP contribution in [0.1, 0.15) is 28.4 Å². The molecule has 1 N–H and O–H groups in total. The van der Waals surface area contributed by atoms with Crippen molar-refractivity contribution in [2.45, 2.75) is 32.2 Å². The maximum atomic E-state index is 13.3. The van der Waals surface area contributed by atoms with E-state index in [2.05, 4.69) is 35.7 Å². The molecule has 0 spiro atoms. The molecule has 182 valence electrons. The summed E-state index contributed by atoms with van der Waals surface area (Å²) in [7, 11) is -3.86.